The summed E-state index contributed by atoms with van der Waals surface area (Å²) >= 11 is 0. The summed E-state index contributed by atoms with van der Waals surface area (Å²) in [6.45, 7) is 0. The first-order valence-electron chi connectivity index (χ1n) is 5.92. The number of aryl methyl sites for hydroxylation is 1. The maximum absolute atomic E-state index is 11.4. The van der Waals surface area contributed by atoms with Crippen LogP contribution in [0.25, 0.3) is 11.0 Å². The highest BCUT2D eigenvalue weighted by Gasteiger charge is 2.07. The third kappa shape index (κ3) is 3.13. The number of esters is 1. The molecule has 0 amide bonds. The minimum Gasteiger partial charge on any atom is -0.508 e. The number of methoxy groups -OCH3 is 1. The molecule has 0 radical (unpaired) electrons. The monoisotopic (exact) mass is 262 g/mol. The van der Waals surface area contributed by atoms with Gasteiger partial charge in [-0.15, -0.1) is 0 Å². The van der Waals surface area contributed by atoms with E-state index >= 15 is 0 Å². The van der Waals surface area contributed by atoms with E-state index in [0.29, 0.717) is 24.8 Å². The molecule has 0 saturated heterocycles. The first-order chi connectivity index (χ1) is 9.10. The standard InChI is InChI=1S/C14H14O5/c1-18-13(16)4-2-3-9-7-14(17)19-12-8-10(15)5-6-11(9)12/h5-8,15H,2-4H2,1H3. The highest BCUT2D eigenvalue weighted by Crippen LogP contribution is 2.22. The summed E-state index contributed by atoms with van der Waals surface area (Å²) in [6, 6.07) is 6.05. The Morgan fingerprint density at radius 3 is 2.89 bits per heavy atom. The van der Waals surface area contributed by atoms with Gasteiger partial charge in [-0.05, 0) is 30.5 Å². The Balaban J connectivity index is 2.27. The molecule has 0 unspecified atom stereocenters. The molecule has 1 N–H and O–H groups in total. The van der Waals surface area contributed by atoms with Crippen LogP contribution in [0.4, 0.5) is 0 Å². The van der Waals surface area contributed by atoms with E-state index < -0.39 is 5.63 Å². The smallest absolute Gasteiger partial charge is 0.336 e. The van der Waals surface area contributed by atoms with E-state index in [1.165, 1.54) is 25.3 Å². The van der Waals surface area contributed by atoms with Crippen molar-refractivity contribution in [3.63, 3.8) is 0 Å². The number of phenolic OH excluding ortho intramolecular Hbond substituents is 1. The number of aromatic hydroxyl groups is 1. The highest BCUT2D eigenvalue weighted by molar-refractivity contribution is 5.81. The molecule has 0 saturated carbocycles. The van der Waals surface area contributed by atoms with Crippen LogP contribution in [-0.2, 0) is 16.0 Å². The minimum absolute atomic E-state index is 0.0439. The predicted octanol–water partition coefficient (Wildman–Crippen LogP) is 1.99. The number of rotatable bonds is 4. The second kappa shape index (κ2) is 5.56. The molecule has 0 fully saturated rings. The first kappa shape index (κ1) is 13.1. The van der Waals surface area contributed by atoms with Gasteiger partial charge in [-0.1, -0.05) is 0 Å². The Kier molecular flexibility index (Phi) is 3.85. The van der Waals surface area contributed by atoms with Crippen molar-refractivity contribution in [1.82, 2.24) is 0 Å². The molecule has 1 aromatic heterocycles. The summed E-state index contributed by atoms with van der Waals surface area (Å²) in [6.07, 6.45) is 1.46. The molecule has 100 valence electrons. The molecular weight excluding hydrogens is 248 g/mol. The van der Waals surface area contributed by atoms with Gasteiger partial charge in [-0.2, -0.15) is 0 Å². The molecular formula is C14H14O5. The average molecular weight is 262 g/mol. The van der Waals surface area contributed by atoms with Crippen LogP contribution >= 0.6 is 0 Å². The summed E-state index contributed by atoms with van der Waals surface area (Å²) in [5.41, 5.74) is 0.682. The molecule has 2 aromatic rings. The Labute approximate surface area is 109 Å². The van der Waals surface area contributed by atoms with Gasteiger partial charge in [0.05, 0.1) is 7.11 Å². The average Bonchev–Trinajstić information content (AvgIpc) is 2.37. The topological polar surface area (TPSA) is 76.7 Å². The summed E-state index contributed by atoms with van der Waals surface area (Å²) in [5, 5.41) is 10.1. The van der Waals surface area contributed by atoms with Crippen molar-refractivity contribution in [3.8, 4) is 5.75 Å². The predicted molar refractivity (Wildman–Crippen MR) is 69.1 cm³/mol. The van der Waals surface area contributed by atoms with Crippen molar-refractivity contribution in [2.45, 2.75) is 19.3 Å². The highest BCUT2D eigenvalue weighted by atomic mass is 16.5. The normalized spacial score (nSPS) is 10.6. The van der Waals surface area contributed by atoms with Gasteiger partial charge in [-0.25, -0.2) is 4.79 Å². The minimum atomic E-state index is -0.467. The zero-order chi connectivity index (χ0) is 13.8. The lowest BCUT2D eigenvalue weighted by Crippen LogP contribution is -2.03. The quantitative estimate of drug-likeness (QED) is 0.673. The number of hydrogen-bond donors (Lipinski definition) is 1. The summed E-state index contributed by atoms with van der Waals surface area (Å²) in [4.78, 5) is 22.5. The molecule has 19 heavy (non-hydrogen) atoms. The summed E-state index contributed by atoms with van der Waals surface area (Å²) in [7, 11) is 1.34. The number of phenols is 1. The molecule has 0 aliphatic rings. The van der Waals surface area contributed by atoms with E-state index in [1.54, 1.807) is 6.07 Å². The Morgan fingerprint density at radius 2 is 2.16 bits per heavy atom. The van der Waals surface area contributed by atoms with Gasteiger partial charge in [-0.3, -0.25) is 4.79 Å². The van der Waals surface area contributed by atoms with E-state index in [9.17, 15) is 14.7 Å². The molecule has 1 heterocycles. The molecule has 0 atom stereocenters. The van der Waals surface area contributed by atoms with Gasteiger partial charge in [0.1, 0.15) is 11.3 Å². The van der Waals surface area contributed by atoms with E-state index in [-0.39, 0.29) is 11.7 Å². The maximum atomic E-state index is 11.4. The van der Waals surface area contributed by atoms with Gasteiger partial charge in [0.25, 0.3) is 0 Å². The lowest BCUT2D eigenvalue weighted by molar-refractivity contribution is -0.140. The Hall–Kier alpha value is -2.30. The van der Waals surface area contributed by atoms with Crippen LogP contribution in [0.3, 0.4) is 0 Å². The molecule has 2 rings (SSSR count). The molecule has 0 aliphatic heterocycles. The lowest BCUT2D eigenvalue weighted by Gasteiger charge is -2.05. The van der Waals surface area contributed by atoms with Crippen LogP contribution in [0.15, 0.2) is 33.5 Å². The molecule has 5 heteroatoms. The van der Waals surface area contributed by atoms with E-state index in [2.05, 4.69) is 4.74 Å². The van der Waals surface area contributed by atoms with Crippen molar-refractivity contribution in [1.29, 1.82) is 0 Å². The zero-order valence-corrected chi connectivity index (χ0v) is 10.5. The van der Waals surface area contributed by atoms with Crippen molar-refractivity contribution >= 4 is 16.9 Å². The van der Waals surface area contributed by atoms with Gasteiger partial charge >= 0.3 is 11.6 Å². The third-order valence-electron chi connectivity index (χ3n) is 2.87. The largest absolute Gasteiger partial charge is 0.508 e. The third-order valence-corrected chi connectivity index (χ3v) is 2.87. The maximum Gasteiger partial charge on any atom is 0.336 e. The van der Waals surface area contributed by atoms with Crippen LogP contribution in [0.2, 0.25) is 0 Å². The van der Waals surface area contributed by atoms with Crippen molar-refractivity contribution in [2.75, 3.05) is 7.11 Å². The van der Waals surface area contributed by atoms with E-state index in [0.717, 1.165) is 10.9 Å². The number of fused-ring (bicyclic) bond motifs is 1. The van der Waals surface area contributed by atoms with Crippen molar-refractivity contribution in [2.24, 2.45) is 0 Å². The van der Waals surface area contributed by atoms with Crippen LogP contribution in [0, 0.1) is 0 Å². The molecule has 0 aliphatic carbocycles. The fourth-order valence-electron chi connectivity index (χ4n) is 1.95. The molecule has 5 nitrogen and oxygen atoms in total. The number of carbonyl (C=O) groups excluding carboxylic acids is 1. The fourth-order valence-corrected chi connectivity index (χ4v) is 1.95. The fraction of sp³-hybridized carbons (Fsp3) is 0.286. The second-order valence-corrected chi connectivity index (χ2v) is 4.20. The van der Waals surface area contributed by atoms with Crippen molar-refractivity contribution < 1.29 is 19.1 Å². The number of ether oxygens (including phenoxy) is 1. The van der Waals surface area contributed by atoms with E-state index in [1.807, 2.05) is 0 Å². The first-order valence-corrected chi connectivity index (χ1v) is 5.92. The van der Waals surface area contributed by atoms with Crippen LogP contribution in [-0.4, -0.2) is 18.2 Å². The van der Waals surface area contributed by atoms with Crippen molar-refractivity contribution in [3.05, 3.63) is 40.2 Å². The zero-order valence-electron chi connectivity index (χ0n) is 10.5. The molecule has 1 aromatic carbocycles. The number of hydrogen-bond acceptors (Lipinski definition) is 5. The second-order valence-electron chi connectivity index (χ2n) is 4.20. The van der Waals surface area contributed by atoms with Crippen LogP contribution in [0.1, 0.15) is 18.4 Å². The Bertz CT molecular complexity index is 656. The van der Waals surface area contributed by atoms with E-state index in [4.69, 9.17) is 4.42 Å². The van der Waals surface area contributed by atoms with Gasteiger partial charge in [0, 0.05) is 23.9 Å². The number of benzene rings is 1. The number of carbonyl (C=O) groups is 1. The van der Waals surface area contributed by atoms with Gasteiger partial charge in [0.2, 0.25) is 0 Å². The molecule has 0 bridgehead atoms. The summed E-state index contributed by atoms with van der Waals surface area (Å²) < 4.78 is 9.59. The molecule has 0 spiro atoms. The van der Waals surface area contributed by atoms with Gasteiger partial charge in [0.15, 0.2) is 0 Å². The SMILES string of the molecule is COC(=O)CCCc1cc(=O)oc2cc(O)ccc12. The Morgan fingerprint density at radius 1 is 1.37 bits per heavy atom. The lowest BCUT2D eigenvalue weighted by atomic mass is 10.0. The van der Waals surface area contributed by atoms with Crippen LogP contribution < -0.4 is 5.63 Å². The summed E-state index contributed by atoms with van der Waals surface area (Å²) in [5.74, 6) is -0.229. The van der Waals surface area contributed by atoms with Crippen LogP contribution in [0.5, 0.6) is 5.75 Å². The van der Waals surface area contributed by atoms with Gasteiger partial charge < -0.3 is 14.3 Å².